The van der Waals surface area contributed by atoms with Crippen molar-refractivity contribution in [3.63, 3.8) is 0 Å². The molecule has 0 aliphatic carbocycles. The van der Waals surface area contributed by atoms with Gasteiger partial charge >= 0.3 is 5.97 Å². The third-order valence-corrected chi connectivity index (χ3v) is 2.23. The first-order valence-corrected chi connectivity index (χ1v) is 6.34. The number of hydrogen-bond acceptors (Lipinski definition) is 4. The fourth-order valence-corrected chi connectivity index (χ4v) is 1.34. The highest BCUT2D eigenvalue weighted by Gasteiger charge is 2.29. The van der Waals surface area contributed by atoms with Crippen LogP contribution in [0, 0.1) is 5.92 Å². The first-order chi connectivity index (χ1) is 8.04. The van der Waals surface area contributed by atoms with E-state index in [0.29, 0.717) is 6.42 Å². The van der Waals surface area contributed by atoms with E-state index in [1.165, 1.54) is 0 Å². The zero-order valence-electron chi connectivity index (χ0n) is 12.2. The summed E-state index contributed by atoms with van der Waals surface area (Å²) in [5.41, 5.74) is 4.69. The number of amides is 1. The van der Waals surface area contributed by atoms with Crippen molar-refractivity contribution in [3.8, 4) is 0 Å². The summed E-state index contributed by atoms with van der Waals surface area (Å²) in [4.78, 5) is 23.7. The van der Waals surface area contributed by atoms with Crippen LogP contribution in [0.1, 0.15) is 48.0 Å². The van der Waals surface area contributed by atoms with E-state index in [2.05, 4.69) is 5.32 Å². The fraction of sp³-hybridized carbons (Fsp3) is 0.846. The Balaban J connectivity index is 4.69. The van der Waals surface area contributed by atoms with E-state index in [0.717, 1.165) is 0 Å². The van der Waals surface area contributed by atoms with Crippen molar-refractivity contribution in [1.29, 1.82) is 0 Å². The average molecular weight is 258 g/mol. The van der Waals surface area contributed by atoms with Crippen LogP contribution in [0.2, 0.25) is 0 Å². The number of nitrogens with one attached hydrogen (secondary N) is 1. The van der Waals surface area contributed by atoms with Crippen LogP contribution >= 0.6 is 0 Å². The highest BCUT2D eigenvalue weighted by Crippen LogP contribution is 2.09. The van der Waals surface area contributed by atoms with Gasteiger partial charge in [-0.1, -0.05) is 13.8 Å². The maximum absolute atomic E-state index is 11.9. The molecule has 0 bridgehead atoms. The number of esters is 1. The van der Waals surface area contributed by atoms with E-state index in [-0.39, 0.29) is 17.9 Å². The molecule has 0 heterocycles. The summed E-state index contributed by atoms with van der Waals surface area (Å²) in [5, 5.41) is 2.65. The first kappa shape index (κ1) is 16.9. The summed E-state index contributed by atoms with van der Waals surface area (Å²) in [5.74, 6) is -0.485. The molecule has 18 heavy (non-hydrogen) atoms. The van der Waals surface area contributed by atoms with E-state index >= 15 is 0 Å². The SMILES string of the molecule is CC(C)C[C@H](NC(=O)C(C)(C)N)C(=O)OC(C)C. The van der Waals surface area contributed by atoms with E-state index < -0.39 is 17.6 Å². The average Bonchev–Trinajstić information content (AvgIpc) is 2.12. The van der Waals surface area contributed by atoms with Crippen molar-refractivity contribution in [2.75, 3.05) is 0 Å². The molecule has 0 spiro atoms. The lowest BCUT2D eigenvalue weighted by Crippen LogP contribution is -2.54. The second kappa shape index (κ2) is 6.73. The Labute approximate surface area is 109 Å². The summed E-state index contributed by atoms with van der Waals surface area (Å²) in [6, 6.07) is -0.636. The predicted octanol–water partition coefficient (Wildman–Crippen LogP) is 1.21. The maximum atomic E-state index is 11.9. The van der Waals surface area contributed by atoms with Crippen molar-refractivity contribution >= 4 is 11.9 Å². The van der Waals surface area contributed by atoms with Gasteiger partial charge in [-0.3, -0.25) is 4.79 Å². The van der Waals surface area contributed by atoms with Crippen LogP contribution in [0.3, 0.4) is 0 Å². The minimum atomic E-state index is -1.01. The van der Waals surface area contributed by atoms with Crippen molar-refractivity contribution in [2.45, 2.75) is 65.6 Å². The van der Waals surface area contributed by atoms with Gasteiger partial charge in [-0.25, -0.2) is 4.79 Å². The number of rotatable bonds is 6. The minimum Gasteiger partial charge on any atom is -0.461 e. The molecule has 0 aromatic heterocycles. The quantitative estimate of drug-likeness (QED) is 0.702. The number of ether oxygens (including phenoxy) is 1. The molecular formula is C13H26N2O3. The summed E-state index contributed by atoms with van der Waals surface area (Å²) in [7, 11) is 0. The molecular weight excluding hydrogens is 232 g/mol. The molecule has 1 atom stereocenters. The monoisotopic (exact) mass is 258 g/mol. The van der Waals surface area contributed by atoms with Gasteiger partial charge in [0.05, 0.1) is 11.6 Å². The molecule has 106 valence electrons. The standard InChI is InChI=1S/C13H26N2O3/c1-8(2)7-10(11(16)18-9(3)4)15-12(17)13(5,6)14/h8-10H,7,14H2,1-6H3,(H,15,17)/t10-/m0/s1. The van der Waals surface area contributed by atoms with Gasteiger partial charge < -0.3 is 15.8 Å². The molecule has 0 saturated carbocycles. The third kappa shape index (κ3) is 6.59. The summed E-state index contributed by atoms with van der Waals surface area (Å²) >= 11 is 0. The lowest BCUT2D eigenvalue weighted by atomic mass is 10.0. The fourth-order valence-electron chi connectivity index (χ4n) is 1.34. The molecule has 0 unspecified atom stereocenters. The van der Waals surface area contributed by atoms with Gasteiger partial charge in [0.15, 0.2) is 0 Å². The summed E-state index contributed by atoms with van der Waals surface area (Å²) < 4.78 is 5.13. The molecule has 1 amide bonds. The molecule has 0 aliphatic heterocycles. The molecule has 0 aromatic carbocycles. The zero-order chi connectivity index (χ0) is 14.5. The molecule has 5 heteroatoms. The largest absolute Gasteiger partial charge is 0.461 e. The second-order valence-corrected chi connectivity index (χ2v) is 5.86. The maximum Gasteiger partial charge on any atom is 0.328 e. The number of carbonyl (C=O) groups excluding carboxylic acids is 2. The minimum absolute atomic E-state index is 0.199. The molecule has 0 aromatic rings. The van der Waals surface area contributed by atoms with Crippen molar-refractivity contribution in [2.24, 2.45) is 11.7 Å². The van der Waals surface area contributed by atoms with E-state index in [1.807, 2.05) is 13.8 Å². The third-order valence-electron chi connectivity index (χ3n) is 2.23. The van der Waals surface area contributed by atoms with Crippen LogP contribution in [-0.2, 0) is 14.3 Å². The Morgan fingerprint density at radius 1 is 1.22 bits per heavy atom. The van der Waals surface area contributed by atoms with Gasteiger partial charge in [-0.15, -0.1) is 0 Å². The molecule has 5 nitrogen and oxygen atoms in total. The topological polar surface area (TPSA) is 81.4 Å². The lowest BCUT2D eigenvalue weighted by Gasteiger charge is -2.25. The highest BCUT2D eigenvalue weighted by molar-refractivity contribution is 5.89. The highest BCUT2D eigenvalue weighted by atomic mass is 16.5. The number of hydrogen-bond donors (Lipinski definition) is 2. The van der Waals surface area contributed by atoms with Crippen LogP contribution in [0.25, 0.3) is 0 Å². The zero-order valence-corrected chi connectivity index (χ0v) is 12.2. The smallest absolute Gasteiger partial charge is 0.328 e. The molecule has 0 saturated heterocycles. The van der Waals surface area contributed by atoms with E-state index in [1.54, 1.807) is 27.7 Å². The molecule has 3 N–H and O–H groups in total. The van der Waals surface area contributed by atoms with Crippen LogP contribution in [0.15, 0.2) is 0 Å². The normalized spacial score (nSPS) is 13.6. The Morgan fingerprint density at radius 2 is 1.72 bits per heavy atom. The Bertz CT molecular complexity index is 293. The first-order valence-electron chi connectivity index (χ1n) is 6.34. The van der Waals surface area contributed by atoms with Gasteiger partial charge in [0, 0.05) is 0 Å². The molecule has 0 aliphatic rings. The van der Waals surface area contributed by atoms with Crippen LogP contribution in [-0.4, -0.2) is 29.6 Å². The van der Waals surface area contributed by atoms with Crippen molar-refractivity contribution in [3.05, 3.63) is 0 Å². The molecule has 0 radical (unpaired) electrons. The Morgan fingerprint density at radius 3 is 2.06 bits per heavy atom. The van der Waals surface area contributed by atoms with Gasteiger partial charge in [0.25, 0.3) is 0 Å². The van der Waals surface area contributed by atoms with E-state index in [4.69, 9.17) is 10.5 Å². The van der Waals surface area contributed by atoms with Crippen molar-refractivity contribution in [1.82, 2.24) is 5.32 Å². The van der Waals surface area contributed by atoms with Gasteiger partial charge in [0.1, 0.15) is 6.04 Å². The summed E-state index contributed by atoms with van der Waals surface area (Å²) in [6.45, 7) is 10.7. The predicted molar refractivity (Wildman–Crippen MR) is 70.9 cm³/mol. The lowest BCUT2D eigenvalue weighted by molar-refractivity contribution is -0.152. The Hall–Kier alpha value is -1.10. The van der Waals surface area contributed by atoms with Crippen molar-refractivity contribution < 1.29 is 14.3 Å². The van der Waals surface area contributed by atoms with E-state index in [9.17, 15) is 9.59 Å². The summed E-state index contributed by atoms with van der Waals surface area (Å²) in [6.07, 6.45) is 0.336. The molecule has 0 rings (SSSR count). The number of nitrogens with two attached hydrogens (primary N) is 1. The second-order valence-electron chi connectivity index (χ2n) is 5.86. The van der Waals surface area contributed by atoms with Crippen LogP contribution in [0.5, 0.6) is 0 Å². The molecule has 0 fully saturated rings. The van der Waals surface area contributed by atoms with Gasteiger partial charge in [-0.2, -0.15) is 0 Å². The van der Waals surface area contributed by atoms with Crippen LogP contribution in [0.4, 0.5) is 0 Å². The van der Waals surface area contributed by atoms with Gasteiger partial charge in [0.2, 0.25) is 5.91 Å². The number of carbonyl (C=O) groups is 2. The Kier molecular flexibility index (Phi) is 6.32. The van der Waals surface area contributed by atoms with Crippen LogP contribution < -0.4 is 11.1 Å². The van der Waals surface area contributed by atoms with Gasteiger partial charge in [-0.05, 0) is 40.0 Å².